The molecule has 2 fully saturated rings. The van der Waals surface area contributed by atoms with Crippen LogP contribution < -0.4 is 0 Å². The van der Waals surface area contributed by atoms with Gasteiger partial charge in [0.1, 0.15) is 0 Å². The number of hydrogen-bond acceptors (Lipinski definition) is 3. The van der Waals surface area contributed by atoms with Gasteiger partial charge in [-0.2, -0.15) is 5.10 Å². The Morgan fingerprint density at radius 1 is 1.27 bits per heavy atom. The van der Waals surface area contributed by atoms with Gasteiger partial charge in [-0.15, -0.1) is 0 Å². The lowest BCUT2D eigenvalue weighted by atomic mass is 9.67. The van der Waals surface area contributed by atoms with Gasteiger partial charge in [0, 0.05) is 43.9 Å². The van der Waals surface area contributed by atoms with Crippen LogP contribution in [0.15, 0.2) is 42.6 Å². The molecule has 0 radical (unpaired) electrons. The first-order chi connectivity index (χ1) is 14.5. The minimum atomic E-state index is 0.0979. The van der Waals surface area contributed by atoms with Gasteiger partial charge in [-0.1, -0.05) is 44.2 Å². The van der Waals surface area contributed by atoms with E-state index in [2.05, 4.69) is 54.2 Å². The van der Waals surface area contributed by atoms with Crippen molar-refractivity contribution in [3.63, 3.8) is 0 Å². The van der Waals surface area contributed by atoms with Gasteiger partial charge in [0.15, 0.2) is 0 Å². The predicted octanol–water partition coefficient (Wildman–Crippen LogP) is 4.40. The van der Waals surface area contributed by atoms with Crippen LogP contribution in [0.2, 0.25) is 0 Å². The van der Waals surface area contributed by atoms with Crippen molar-refractivity contribution in [3.05, 3.63) is 53.9 Å². The molecule has 0 bridgehead atoms. The van der Waals surface area contributed by atoms with Crippen molar-refractivity contribution in [1.82, 2.24) is 14.7 Å². The molecule has 0 aliphatic carbocycles. The highest BCUT2D eigenvalue weighted by atomic mass is 16.5. The highest BCUT2D eigenvalue weighted by Gasteiger charge is 2.46. The van der Waals surface area contributed by atoms with E-state index in [1.54, 1.807) is 6.20 Å². The van der Waals surface area contributed by atoms with E-state index in [0.29, 0.717) is 18.3 Å². The third-order valence-corrected chi connectivity index (χ3v) is 7.14. The molecule has 1 amide bonds. The quantitative estimate of drug-likeness (QED) is 0.736. The molecule has 0 unspecified atom stereocenters. The van der Waals surface area contributed by atoms with Crippen LogP contribution in [0.5, 0.6) is 0 Å². The molecule has 162 valence electrons. The van der Waals surface area contributed by atoms with Crippen LogP contribution in [0.3, 0.4) is 0 Å². The minimum absolute atomic E-state index is 0.0979. The van der Waals surface area contributed by atoms with Crippen molar-refractivity contribution in [3.8, 4) is 0 Å². The Kier molecular flexibility index (Phi) is 6.28. The number of hydrogen-bond donors (Lipinski definition) is 0. The average Bonchev–Trinajstić information content (AvgIpc) is 3.17. The van der Waals surface area contributed by atoms with Crippen molar-refractivity contribution < 1.29 is 9.53 Å². The Morgan fingerprint density at radius 2 is 2.07 bits per heavy atom. The zero-order valence-corrected chi connectivity index (χ0v) is 18.6. The molecule has 0 N–H and O–H groups in total. The van der Waals surface area contributed by atoms with E-state index in [1.807, 2.05) is 17.8 Å². The van der Waals surface area contributed by atoms with Crippen molar-refractivity contribution in [2.75, 3.05) is 19.7 Å². The van der Waals surface area contributed by atoms with Crippen LogP contribution in [0.4, 0.5) is 0 Å². The van der Waals surface area contributed by atoms with Crippen molar-refractivity contribution in [2.45, 2.75) is 52.1 Å². The zero-order chi connectivity index (χ0) is 21.1. The fraction of sp³-hybridized carbons (Fsp3) is 0.600. The molecule has 1 aromatic heterocycles. The molecule has 4 rings (SSSR count). The number of carbonyl (C=O) groups excluding carboxylic acids is 1. The van der Waals surface area contributed by atoms with Gasteiger partial charge >= 0.3 is 0 Å². The second kappa shape index (κ2) is 8.93. The van der Waals surface area contributed by atoms with E-state index >= 15 is 0 Å². The van der Waals surface area contributed by atoms with E-state index < -0.39 is 0 Å². The van der Waals surface area contributed by atoms with Gasteiger partial charge in [0.2, 0.25) is 5.91 Å². The lowest BCUT2D eigenvalue weighted by Gasteiger charge is -2.50. The molecule has 2 aromatic rings. The second-order valence-electron chi connectivity index (χ2n) is 9.62. The molecule has 2 saturated heterocycles. The molecule has 30 heavy (non-hydrogen) atoms. The Balaban J connectivity index is 1.42. The number of nitrogens with zero attached hydrogens (tertiary/aromatic N) is 3. The largest absolute Gasteiger partial charge is 0.373 e. The van der Waals surface area contributed by atoms with Crippen molar-refractivity contribution in [2.24, 2.45) is 24.3 Å². The van der Waals surface area contributed by atoms with Gasteiger partial charge in [0.25, 0.3) is 0 Å². The molecule has 5 nitrogen and oxygen atoms in total. The molecule has 1 spiro atoms. The highest BCUT2D eigenvalue weighted by Crippen LogP contribution is 2.48. The van der Waals surface area contributed by atoms with Crippen LogP contribution in [0.1, 0.15) is 56.9 Å². The zero-order valence-electron chi connectivity index (χ0n) is 18.6. The summed E-state index contributed by atoms with van der Waals surface area (Å²) in [5, 5.41) is 4.21. The second-order valence-corrected chi connectivity index (χ2v) is 9.62. The number of carbonyl (C=O) groups is 1. The Hall–Kier alpha value is -2.14. The van der Waals surface area contributed by atoms with Crippen molar-refractivity contribution >= 4 is 5.91 Å². The molecule has 2 aliphatic rings. The highest BCUT2D eigenvalue weighted by molar-refractivity contribution is 5.76. The van der Waals surface area contributed by atoms with Crippen LogP contribution in [0, 0.1) is 17.3 Å². The standard InChI is InChI=1S/C25H35N3O2/c1-19(2)22-16-25(18-30-24(22)20-8-5-4-6-9-20)13-7-15-28(17-25)23(29)11-10-21-12-14-26-27(21)3/h4-6,8-9,12,14,19,22,24H,7,10-11,13,15-18H2,1-3H3/t22-,24-,25+/m0/s1. The summed E-state index contributed by atoms with van der Waals surface area (Å²) in [5.41, 5.74) is 2.49. The predicted molar refractivity (Wildman–Crippen MR) is 118 cm³/mol. The fourth-order valence-electron chi connectivity index (χ4n) is 5.37. The molecule has 3 atom stereocenters. The molecule has 2 aliphatic heterocycles. The Bertz CT molecular complexity index is 847. The summed E-state index contributed by atoms with van der Waals surface area (Å²) in [7, 11) is 1.93. The van der Waals surface area contributed by atoms with E-state index in [9.17, 15) is 4.79 Å². The van der Waals surface area contributed by atoms with Gasteiger partial charge in [0.05, 0.1) is 12.7 Å². The number of likely N-dealkylation sites (tertiary alicyclic amines) is 1. The third-order valence-electron chi connectivity index (χ3n) is 7.14. The fourth-order valence-corrected chi connectivity index (χ4v) is 5.37. The topological polar surface area (TPSA) is 47.4 Å². The number of aryl methyl sites for hydroxylation is 2. The number of benzene rings is 1. The average molecular weight is 410 g/mol. The molecular weight excluding hydrogens is 374 g/mol. The van der Waals surface area contributed by atoms with Crippen LogP contribution in [-0.4, -0.2) is 40.3 Å². The number of rotatable bonds is 5. The van der Waals surface area contributed by atoms with Gasteiger partial charge < -0.3 is 9.64 Å². The third kappa shape index (κ3) is 4.46. The summed E-state index contributed by atoms with van der Waals surface area (Å²) in [6, 6.07) is 12.6. The number of aromatic nitrogens is 2. The number of amides is 1. The summed E-state index contributed by atoms with van der Waals surface area (Å²) >= 11 is 0. The lowest BCUT2D eigenvalue weighted by Crippen LogP contribution is -2.52. The van der Waals surface area contributed by atoms with E-state index in [1.165, 1.54) is 5.56 Å². The molecule has 0 saturated carbocycles. The number of ether oxygens (including phenoxy) is 1. The SMILES string of the molecule is CC(C)[C@@H]1C[C@@]2(CCCN(C(=O)CCc3ccnn3C)C2)CO[C@H]1c1ccccc1. The summed E-state index contributed by atoms with van der Waals surface area (Å²) in [6.45, 7) is 7.08. The normalized spacial score (nSPS) is 27.0. The first-order valence-electron chi connectivity index (χ1n) is 11.4. The van der Waals surface area contributed by atoms with Crippen molar-refractivity contribution in [1.29, 1.82) is 0 Å². The minimum Gasteiger partial charge on any atom is -0.373 e. The van der Waals surface area contributed by atoms with E-state index in [0.717, 1.165) is 51.1 Å². The lowest BCUT2D eigenvalue weighted by molar-refractivity contribution is -0.151. The first-order valence-corrected chi connectivity index (χ1v) is 11.4. The molecular formula is C25H35N3O2. The van der Waals surface area contributed by atoms with Crippen LogP contribution in [0.25, 0.3) is 0 Å². The maximum atomic E-state index is 13.0. The van der Waals surface area contributed by atoms with E-state index in [4.69, 9.17) is 4.74 Å². The van der Waals surface area contributed by atoms with E-state index in [-0.39, 0.29) is 17.4 Å². The maximum absolute atomic E-state index is 13.0. The van der Waals surface area contributed by atoms with Gasteiger partial charge in [-0.3, -0.25) is 9.48 Å². The van der Waals surface area contributed by atoms with Gasteiger partial charge in [-0.25, -0.2) is 0 Å². The Labute approximate surface area is 180 Å². The maximum Gasteiger partial charge on any atom is 0.222 e. The molecule has 3 heterocycles. The first kappa shape index (κ1) is 21.1. The monoisotopic (exact) mass is 409 g/mol. The summed E-state index contributed by atoms with van der Waals surface area (Å²) < 4.78 is 8.40. The molecule has 5 heteroatoms. The number of piperidine rings is 1. The van der Waals surface area contributed by atoms with Crippen LogP contribution in [-0.2, 0) is 23.0 Å². The summed E-state index contributed by atoms with van der Waals surface area (Å²) in [5.74, 6) is 1.29. The summed E-state index contributed by atoms with van der Waals surface area (Å²) in [4.78, 5) is 15.1. The van der Waals surface area contributed by atoms with Gasteiger partial charge in [-0.05, 0) is 49.1 Å². The summed E-state index contributed by atoms with van der Waals surface area (Å²) in [6.07, 6.45) is 6.62. The molecule has 1 aromatic carbocycles. The smallest absolute Gasteiger partial charge is 0.222 e. The Morgan fingerprint density at radius 3 is 2.77 bits per heavy atom. The van der Waals surface area contributed by atoms with Crippen LogP contribution >= 0.6 is 0 Å².